The van der Waals surface area contributed by atoms with Crippen LogP contribution < -0.4 is 5.73 Å². The van der Waals surface area contributed by atoms with E-state index >= 15 is 0 Å². The van der Waals surface area contributed by atoms with E-state index < -0.39 is 0 Å². The zero-order valence-electron chi connectivity index (χ0n) is 6.19. The van der Waals surface area contributed by atoms with Crippen LogP contribution in [0.25, 0.3) is 0 Å². The number of hydrogen-bond donors (Lipinski definition) is 1. The fourth-order valence-electron chi connectivity index (χ4n) is 0.805. The second kappa shape index (κ2) is 3.28. The molecule has 0 aromatic heterocycles. The second-order valence-corrected chi connectivity index (χ2v) is 2.07. The SMILES string of the molecule is CC/C(C(C)=O)=C(\C)N. The lowest BCUT2D eigenvalue weighted by Gasteiger charge is -1.99. The van der Waals surface area contributed by atoms with Crippen LogP contribution in [0.2, 0.25) is 0 Å². The van der Waals surface area contributed by atoms with Crippen molar-refractivity contribution in [2.24, 2.45) is 5.73 Å². The summed E-state index contributed by atoms with van der Waals surface area (Å²) in [4.78, 5) is 10.7. The third kappa shape index (κ3) is 2.31. The van der Waals surface area contributed by atoms with Gasteiger partial charge in [-0.15, -0.1) is 0 Å². The van der Waals surface area contributed by atoms with Crippen molar-refractivity contribution in [1.82, 2.24) is 0 Å². The molecule has 0 fully saturated rings. The van der Waals surface area contributed by atoms with Gasteiger partial charge in [-0.3, -0.25) is 4.79 Å². The molecule has 0 saturated heterocycles. The van der Waals surface area contributed by atoms with Gasteiger partial charge in [0.05, 0.1) is 0 Å². The van der Waals surface area contributed by atoms with Gasteiger partial charge < -0.3 is 5.73 Å². The monoisotopic (exact) mass is 127 g/mol. The molecule has 0 aromatic rings. The molecule has 0 aliphatic carbocycles. The van der Waals surface area contributed by atoms with E-state index in [9.17, 15) is 4.79 Å². The molecule has 0 radical (unpaired) electrons. The summed E-state index contributed by atoms with van der Waals surface area (Å²) in [5, 5.41) is 0. The van der Waals surface area contributed by atoms with Crippen LogP contribution in [-0.2, 0) is 4.79 Å². The molecule has 0 amide bonds. The highest BCUT2D eigenvalue weighted by Crippen LogP contribution is 2.03. The number of carbonyl (C=O) groups is 1. The van der Waals surface area contributed by atoms with E-state index in [4.69, 9.17) is 5.73 Å². The van der Waals surface area contributed by atoms with E-state index in [-0.39, 0.29) is 5.78 Å². The summed E-state index contributed by atoms with van der Waals surface area (Å²) in [5.41, 5.74) is 6.80. The number of hydrogen-bond acceptors (Lipinski definition) is 2. The van der Waals surface area contributed by atoms with Gasteiger partial charge in [0.1, 0.15) is 0 Å². The molecule has 52 valence electrons. The van der Waals surface area contributed by atoms with Crippen LogP contribution in [0.5, 0.6) is 0 Å². The van der Waals surface area contributed by atoms with Crippen LogP contribution in [0.4, 0.5) is 0 Å². The molecule has 0 saturated carbocycles. The molecule has 0 atom stereocenters. The molecule has 9 heavy (non-hydrogen) atoms. The maximum atomic E-state index is 10.7. The van der Waals surface area contributed by atoms with Crippen LogP contribution in [0.3, 0.4) is 0 Å². The maximum absolute atomic E-state index is 10.7. The molecule has 2 heteroatoms. The minimum atomic E-state index is 0.0810. The fraction of sp³-hybridized carbons (Fsp3) is 0.571. The summed E-state index contributed by atoms with van der Waals surface area (Å²) >= 11 is 0. The summed E-state index contributed by atoms with van der Waals surface area (Å²) in [6.07, 6.45) is 0.734. The zero-order chi connectivity index (χ0) is 7.44. The van der Waals surface area contributed by atoms with Gasteiger partial charge in [0.15, 0.2) is 5.78 Å². The predicted molar refractivity (Wildman–Crippen MR) is 37.9 cm³/mol. The Bertz CT molecular complexity index is 143. The van der Waals surface area contributed by atoms with Gasteiger partial charge >= 0.3 is 0 Å². The topological polar surface area (TPSA) is 43.1 Å². The molecular formula is C7H13NO. The number of Topliss-reactive ketones (excluding diaryl/α,β-unsaturated/α-hetero) is 1. The van der Waals surface area contributed by atoms with Crippen LogP contribution in [0.15, 0.2) is 11.3 Å². The summed E-state index contributed by atoms with van der Waals surface area (Å²) in [7, 11) is 0. The lowest BCUT2D eigenvalue weighted by Crippen LogP contribution is -2.04. The van der Waals surface area contributed by atoms with Crippen molar-refractivity contribution in [3.8, 4) is 0 Å². The Hall–Kier alpha value is -0.790. The predicted octanol–water partition coefficient (Wildman–Crippen LogP) is 1.22. The lowest BCUT2D eigenvalue weighted by molar-refractivity contribution is -0.113. The summed E-state index contributed by atoms with van der Waals surface area (Å²) < 4.78 is 0. The van der Waals surface area contributed by atoms with Crippen LogP contribution in [0.1, 0.15) is 27.2 Å². The third-order valence-electron chi connectivity index (χ3n) is 1.25. The van der Waals surface area contributed by atoms with E-state index in [2.05, 4.69) is 0 Å². The highest BCUT2D eigenvalue weighted by molar-refractivity contribution is 5.93. The molecule has 0 rings (SSSR count). The normalized spacial score (nSPS) is 12.8. The molecule has 0 spiro atoms. The molecule has 0 heterocycles. The highest BCUT2D eigenvalue weighted by atomic mass is 16.1. The van der Waals surface area contributed by atoms with Gasteiger partial charge in [0, 0.05) is 11.3 Å². The van der Waals surface area contributed by atoms with Crippen LogP contribution in [-0.4, -0.2) is 5.78 Å². The second-order valence-electron chi connectivity index (χ2n) is 2.07. The summed E-state index contributed by atoms with van der Waals surface area (Å²) in [6, 6.07) is 0. The Labute approximate surface area is 55.7 Å². The summed E-state index contributed by atoms with van der Waals surface area (Å²) in [6.45, 7) is 5.21. The van der Waals surface area contributed by atoms with Gasteiger partial charge in [0.25, 0.3) is 0 Å². The van der Waals surface area contributed by atoms with Crippen molar-refractivity contribution in [3.05, 3.63) is 11.3 Å². The average Bonchev–Trinajstić information content (AvgIpc) is 1.64. The van der Waals surface area contributed by atoms with Gasteiger partial charge in [-0.05, 0) is 20.3 Å². The van der Waals surface area contributed by atoms with Gasteiger partial charge in [-0.1, -0.05) is 6.92 Å². The first-order chi connectivity index (χ1) is 4.09. The number of allylic oxidation sites excluding steroid dienone is 2. The first-order valence-corrected chi connectivity index (χ1v) is 3.05. The van der Waals surface area contributed by atoms with Crippen molar-refractivity contribution in [2.75, 3.05) is 0 Å². The Morgan fingerprint density at radius 1 is 1.44 bits per heavy atom. The van der Waals surface area contributed by atoms with Gasteiger partial charge in [0.2, 0.25) is 0 Å². The van der Waals surface area contributed by atoms with Crippen molar-refractivity contribution in [2.45, 2.75) is 27.2 Å². The lowest BCUT2D eigenvalue weighted by atomic mass is 10.1. The van der Waals surface area contributed by atoms with Gasteiger partial charge in [-0.2, -0.15) is 0 Å². The average molecular weight is 127 g/mol. The minimum Gasteiger partial charge on any atom is -0.402 e. The number of nitrogens with two attached hydrogens (primary N) is 1. The molecular weight excluding hydrogens is 114 g/mol. The molecule has 0 aromatic carbocycles. The zero-order valence-corrected chi connectivity index (χ0v) is 6.19. The maximum Gasteiger partial charge on any atom is 0.157 e. The van der Waals surface area contributed by atoms with Crippen molar-refractivity contribution in [3.63, 3.8) is 0 Å². The van der Waals surface area contributed by atoms with Crippen molar-refractivity contribution >= 4 is 5.78 Å². The standard InChI is InChI=1S/C7H13NO/c1-4-7(5(2)8)6(3)9/h4,8H2,1-3H3/b7-5-. The summed E-state index contributed by atoms with van der Waals surface area (Å²) in [5.74, 6) is 0.0810. The van der Waals surface area contributed by atoms with E-state index in [0.717, 1.165) is 12.0 Å². The Balaban J connectivity index is 4.35. The highest BCUT2D eigenvalue weighted by Gasteiger charge is 2.01. The number of rotatable bonds is 2. The smallest absolute Gasteiger partial charge is 0.157 e. The first kappa shape index (κ1) is 8.21. The van der Waals surface area contributed by atoms with Crippen LogP contribution >= 0.6 is 0 Å². The molecule has 2 nitrogen and oxygen atoms in total. The van der Waals surface area contributed by atoms with Gasteiger partial charge in [-0.25, -0.2) is 0 Å². The number of carbonyl (C=O) groups excluding carboxylic acids is 1. The minimum absolute atomic E-state index is 0.0810. The largest absolute Gasteiger partial charge is 0.402 e. The molecule has 0 bridgehead atoms. The molecule has 0 unspecified atom stereocenters. The Kier molecular flexibility index (Phi) is 2.99. The van der Waals surface area contributed by atoms with E-state index in [0.29, 0.717) is 5.70 Å². The molecule has 0 aliphatic heterocycles. The van der Waals surface area contributed by atoms with E-state index in [1.54, 1.807) is 6.92 Å². The first-order valence-electron chi connectivity index (χ1n) is 3.05. The van der Waals surface area contributed by atoms with Crippen molar-refractivity contribution < 1.29 is 4.79 Å². The quantitative estimate of drug-likeness (QED) is 0.567. The Morgan fingerprint density at radius 3 is 1.89 bits per heavy atom. The Morgan fingerprint density at radius 2 is 1.89 bits per heavy atom. The third-order valence-corrected chi connectivity index (χ3v) is 1.25. The molecule has 2 N–H and O–H groups in total. The van der Waals surface area contributed by atoms with E-state index in [1.165, 1.54) is 6.92 Å². The van der Waals surface area contributed by atoms with Crippen molar-refractivity contribution in [1.29, 1.82) is 0 Å². The fourth-order valence-corrected chi connectivity index (χ4v) is 0.805. The number of ketones is 1. The molecule has 0 aliphatic rings. The van der Waals surface area contributed by atoms with E-state index in [1.807, 2.05) is 6.92 Å². The van der Waals surface area contributed by atoms with Crippen LogP contribution in [0, 0.1) is 0 Å².